The third-order valence-electron chi connectivity index (χ3n) is 2.57. The number of imidazole rings is 1. The number of nitrogens with zero attached hydrogens (tertiary/aromatic N) is 3. The zero-order valence-electron chi connectivity index (χ0n) is 10.7. The minimum atomic E-state index is -4.76. The number of alkyl halides is 3. The second kappa shape index (κ2) is 5.48. The Balaban J connectivity index is 1.92. The Bertz CT molecular complexity index is 820. The van der Waals surface area contributed by atoms with Gasteiger partial charge < -0.3 is 9.47 Å². The molecule has 0 aliphatic heterocycles. The molecule has 22 heavy (non-hydrogen) atoms. The predicted octanol–water partition coefficient (Wildman–Crippen LogP) is 4.18. The second-order valence-corrected chi connectivity index (χ2v) is 4.96. The Labute approximate surface area is 130 Å². The summed E-state index contributed by atoms with van der Waals surface area (Å²) < 4.78 is 48.2. The Morgan fingerprint density at radius 1 is 1.18 bits per heavy atom. The maximum Gasteiger partial charge on any atom is 0.573 e. The summed E-state index contributed by atoms with van der Waals surface area (Å²) >= 11 is 3.22. The van der Waals surface area contributed by atoms with Crippen molar-refractivity contribution < 1.29 is 22.6 Å². The molecule has 3 aromatic rings. The fraction of sp³-hybridized carbons (Fsp3) is 0.0769. The molecule has 0 saturated heterocycles. The van der Waals surface area contributed by atoms with Crippen LogP contribution in [0.1, 0.15) is 0 Å². The SMILES string of the molecule is FC(F)(F)Oc1cccc(Oc2nc(Br)cn3ccnc23)c1. The molecule has 9 heteroatoms. The molecule has 2 heterocycles. The van der Waals surface area contributed by atoms with Crippen molar-refractivity contribution in [3.8, 4) is 17.4 Å². The third kappa shape index (κ3) is 3.30. The van der Waals surface area contributed by atoms with E-state index in [1.165, 1.54) is 18.2 Å². The van der Waals surface area contributed by atoms with Gasteiger partial charge in [-0.1, -0.05) is 6.07 Å². The molecule has 0 saturated carbocycles. The highest BCUT2D eigenvalue weighted by Gasteiger charge is 2.31. The first-order valence-electron chi connectivity index (χ1n) is 5.93. The molecule has 0 spiro atoms. The lowest BCUT2D eigenvalue weighted by Gasteiger charge is -2.11. The minimum absolute atomic E-state index is 0.150. The molecule has 0 bridgehead atoms. The van der Waals surface area contributed by atoms with Crippen LogP contribution in [0.4, 0.5) is 13.2 Å². The Kier molecular flexibility index (Phi) is 3.65. The largest absolute Gasteiger partial charge is 0.573 e. The van der Waals surface area contributed by atoms with Gasteiger partial charge in [0.05, 0.1) is 0 Å². The number of halogens is 4. The second-order valence-electron chi connectivity index (χ2n) is 4.15. The molecule has 0 aliphatic rings. The molecule has 0 amide bonds. The number of aromatic nitrogens is 3. The Hall–Kier alpha value is -2.29. The van der Waals surface area contributed by atoms with Crippen molar-refractivity contribution in [2.75, 3.05) is 0 Å². The summed E-state index contributed by atoms with van der Waals surface area (Å²) in [6.07, 6.45) is 0.165. The zero-order chi connectivity index (χ0) is 15.7. The summed E-state index contributed by atoms with van der Waals surface area (Å²) in [4.78, 5) is 8.20. The molecule has 0 atom stereocenters. The molecule has 0 fully saturated rings. The van der Waals surface area contributed by atoms with Crippen LogP contribution < -0.4 is 9.47 Å². The number of hydrogen-bond acceptors (Lipinski definition) is 4. The maximum atomic E-state index is 12.2. The van der Waals surface area contributed by atoms with Crippen molar-refractivity contribution in [2.24, 2.45) is 0 Å². The monoisotopic (exact) mass is 373 g/mol. The van der Waals surface area contributed by atoms with Gasteiger partial charge in [-0.25, -0.2) is 9.97 Å². The van der Waals surface area contributed by atoms with E-state index in [0.29, 0.717) is 10.3 Å². The van der Waals surface area contributed by atoms with E-state index in [-0.39, 0.29) is 17.4 Å². The van der Waals surface area contributed by atoms with Crippen molar-refractivity contribution in [3.05, 3.63) is 47.5 Å². The van der Waals surface area contributed by atoms with E-state index < -0.39 is 6.36 Å². The minimum Gasteiger partial charge on any atom is -0.436 e. The van der Waals surface area contributed by atoms with Gasteiger partial charge in [-0.15, -0.1) is 13.2 Å². The van der Waals surface area contributed by atoms with E-state index in [1.807, 2.05) is 0 Å². The van der Waals surface area contributed by atoms with Crippen LogP contribution in [0.2, 0.25) is 0 Å². The lowest BCUT2D eigenvalue weighted by molar-refractivity contribution is -0.274. The summed E-state index contributed by atoms with van der Waals surface area (Å²) in [6, 6.07) is 5.18. The molecule has 0 unspecified atom stereocenters. The van der Waals surface area contributed by atoms with Crippen LogP contribution >= 0.6 is 15.9 Å². The lowest BCUT2D eigenvalue weighted by atomic mass is 10.3. The van der Waals surface area contributed by atoms with Crippen LogP contribution in [0.25, 0.3) is 5.65 Å². The first kappa shape index (κ1) is 14.6. The van der Waals surface area contributed by atoms with Crippen LogP contribution in [-0.2, 0) is 0 Å². The highest BCUT2D eigenvalue weighted by atomic mass is 79.9. The van der Waals surface area contributed by atoms with Crippen LogP contribution in [-0.4, -0.2) is 20.7 Å². The maximum absolute atomic E-state index is 12.2. The number of benzene rings is 1. The molecule has 114 valence electrons. The van der Waals surface area contributed by atoms with Gasteiger partial charge >= 0.3 is 6.36 Å². The van der Waals surface area contributed by atoms with Gasteiger partial charge in [0, 0.05) is 24.7 Å². The fourth-order valence-electron chi connectivity index (χ4n) is 1.79. The molecular formula is C13H7BrF3N3O2. The van der Waals surface area contributed by atoms with E-state index in [2.05, 4.69) is 30.6 Å². The Morgan fingerprint density at radius 3 is 2.73 bits per heavy atom. The highest BCUT2D eigenvalue weighted by molar-refractivity contribution is 9.10. The summed E-state index contributed by atoms with van der Waals surface area (Å²) in [5, 5.41) is 0. The molecular weight excluding hydrogens is 367 g/mol. The molecule has 0 aliphatic carbocycles. The zero-order valence-corrected chi connectivity index (χ0v) is 12.3. The van der Waals surface area contributed by atoms with Crippen LogP contribution in [0.15, 0.2) is 47.5 Å². The van der Waals surface area contributed by atoms with Gasteiger partial charge in [-0.2, -0.15) is 0 Å². The van der Waals surface area contributed by atoms with Gasteiger partial charge in [0.1, 0.15) is 16.1 Å². The van der Waals surface area contributed by atoms with Gasteiger partial charge in [-0.3, -0.25) is 4.40 Å². The van der Waals surface area contributed by atoms with Crippen molar-refractivity contribution in [2.45, 2.75) is 6.36 Å². The van der Waals surface area contributed by atoms with Crippen molar-refractivity contribution in [1.29, 1.82) is 0 Å². The molecule has 2 aromatic heterocycles. The quantitative estimate of drug-likeness (QED) is 0.690. The van der Waals surface area contributed by atoms with E-state index in [1.54, 1.807) is 23.0 Å². The van der Waals surface area contributed by atoms with Gasteiger partial charge in [0.25, 0.3) is 5.88 Å². The smallest absolute Gasteiger partial charge is 0.436 e. The van der Waals surface area contributed by atoms with Crippen molar-refractivity contribution >= 4 is 21.6 Å². The summed E-state index contributed by atoms with van der Waals surface area (Å²) in [5.74, 6) is -0.0693. The number of rotatable bonds is 3. The standard InChI is InChI=1S/C13H7BrF3N3O2/c14-10-7-20-5-4-18-11(20)12(19-10)21-8-2-1-3-9(6-8)22-13(15,16)17/h1-7H. The molecule has 0 radical (unpaired) electrons. The third-order valence-corrected chi connectivity index (χ3v) is 2.95. The molecule has 5 nitrogen and oxygen atoms in total. The highest BCUT2D eigenvalue weighted by Crippen LogP contribution is 2.30. The number of fused-ring (bicyclic) bond motifs is 1. The number of hydrogen-bond donors (Lipinski definition) is 0. The summed E-state index contributed by atoms with van der Waals surface area (Å²) in [5.41, 5.74) is 0.436. The van der Waals surface area contributed by atoms with E-state index in [0.717, 1.165) is 6.07 Å². The molecule has 0 N–H and O–H groups in total. The molecule has 1 aromatic carbocycles. The van der Waals surface area contributed by atoms with E-state index in [9.17, 15) is 13.2 Å². The van der Waals surface area contributed by atoms with Crippen LogP contribution in [0.3, 0.4) is 0 Å². The van der Waals surface area contributed by atoms with Gasteiger partial charge in [-0.05, 0) is 28.1 Å². The number of ether oxygens (including phenoxy) is 2. The van der Waals surface area contributed by atoms with Crippen molar-refractivity contribution in [3.63, 3.8) is 0 Å². The van der Waals surface area contributed by atoms with E-state index >= 15 is 0 Å². The average molecular weight is 374 g/mol. The summed E-state index contributed by atoms with van der Waals surface area (Å²) in [6.45, 7) is 0. The van der Waals surface area contributed by atoms with Crippen LogP contribution in [0, 0.1) is 0 Å². The van der Waals surface area contributed by atoms with Crippen molar-refractivity contribution in [1.82, 2.24) is 14.4 Å². The van der Waals surface area contributed by atoms with Gasteiger partial charge in [0.2, 0.25) is 5.65 Å². The lowest BCUT2D eigenvalue weighted by Crippen LogP contribution is -2.17. The van der Waals surface area contributed by atoms with Gasteiger partial charge in [0.15, 0.2) is 0 Å². The van der Waals surface area contributed by atoms with Crippen LogP contribution in [0.5, 0.6) is 17.4 Å². The molecule has 3 rings (SSSR count). The fourth-order valence-corrected chi connectivity index (χ4v) is 2.17. The predicted molar refractivity (Wildman–Crippen MR) is 73.9 cm³/mol. The first-order chi connectivity index (χ1) is 10.4. The van der Waals surface area contributed by atoms with E-state index in [4.69, 9.17) is 4.74 Å². The average Bonchev–Trinajstić information content (AvgIpc) is 2.85. The first-order valence-corrected chi connectivity index (χ1v) is 6.73. The summed E-state index contributed by atoms with van der Waals surface area (Å²) in [7, 11) is 0. The normalized spacial score (nSPS) is 11.6. The topological polar surface area (TPSA) is 48.7 Å². The Morgan fingerprint density at radius 2 is 1.95 bits per heavy atom.